The van der Waals surface area contributed by atoms with Crippen molar-refractivity contribution in [1.82, 2.24) is 4.98 Å². The fraction of sp³-hybridized carbons (Fsp3) is 0.500. The van der Waals surface area contributed by atoms with Crippen LogP contribution in [0.15, 0.2) is 12.1 Å². The Balaban J connectivity index is 3.21. The van der Waals surface area contributed by atoms with Crippen molar-refractivity contribution in [3.8, 4) is 5.88 Å². The van der Waals surface area contributed by atoms with Crippen molar-refractivity contribution in [1.29, 1.82) is 0 Å². The molecule has 0 bridgehead atoms. The molecule has 2 nitrogen and oxygen atoms in total. The summed E-state index contributed by atoms with van der Waals surface area (Å²) >= 11 is 0. The van der Waals surface area contributed by atoms with E-state index in [0.717, 1.165) is 6.07 Å². The number of halogens is 3. The minimum atomic E-state index is -4.42. The third-order valence-corrected chi connectivity index (χ3v) is 1.97. The van der Waals surface area contributed by atoms with Crippen LogP contribution in [0.3, 0.4) is 0 Å². The van der Waals surface area contributed by atoms with Gasteiger partial charge in [0.15, 0.2) is 0 Å². The van der Waals surface area contributed by atoms with Crippen LogP contribution in [-0.2, 0) is 6.18 Å². The van der Waals surface area contributed by atoms with Gasteiger partial charge in [0.2, 0.25) is 5.88 Å². The Labute approximate surface area is 86.1 Å². The average Bonchev–Trinajstić information content (AvgIpc) is 2.15. The fourth-order valence-corrected chi connectivity index (χ4v) is 1.15. The molecule has 5 heteroatoms. The van der Waals surface area contributed by atoms with Crippen LogP contribution in [0.2, 0.25) is 0 Å². The fourth-order valence-electron chi connectivity index (χ4n) is 1.15. The largest absolute Gasteiger partial charge is 0.481 e. The van der Waals surface area contributed by atoms with Crippen LogP contribution in [-0.4, -0.2) is 12.1 Å². The molecule has 0 radical (unpaired) electrons. The summed E-state index contributed by atoms with van der Waals surface area (Å²) in [5, 5.41) is 0. The van der Waals surface area contributed by atoms with E-state index >= 15 is 0 Å². The maximum atomic E-state index is 12.4. The van der Waals surface area contributed by atoms with E-state index in [1.807, 2.05) is 13.8 Å². The van der Waals surface area contributed by atoms with Crippen LogP contribution < -0.4 is 4.74 Å². The number of nitrogens with zero attached hydrogens (tertiary/aromatic N) is 1. The zero-order valence-electron chi connectivity index (χ0n) is 8.72. The second-order valence-electron chi connectivity index (χ2n) is 3.45. The third kappa shape index (κ3) is 2.61. The number of hydrogen-bond donors (Lipinski definition) is 0. The highest BCUT2D eigenvalue weighted by atomic mass is 19.4. The number of pyridine rings is 1. The SMILES string of the molecule is COc1nc(C(C)C)ccc1C(F)(F)F. The number of ether oxygens (including phenoxy) is 1. The summed E-state index contributed by atoms with van der Waals surface area (Å²) in [5.74, 6) is -0.296. The van der Waals surface area contributed by atoms with Gasteiger partial charge in [-0.3, -0.25) is 0 Å². The van der Waals surface area contributed by atoms with E-state index in [-0.39, 0.29) is 11.8 Å². The smallest absolute Gasteiger partial charge is 0.421 e. The highest BCUT2D eigenvalue weighted by Crippen LogP contribution is 2.35. The van der Waals surface area contributed by atoms with Gasteiger partial charge in [-0.2, -0.15) is 13.2 Å². The Morgan fingerprint density at radius 1 is 1.27 bits per heavy atom. The first-order valence-corrected chi connectivity index (χ1v) is 4.48. The number of hydrogen-bond acceptors (Lipinski definition) is 2. The van der Waals surface area contributed by atoms with Crippen LogP contribution in [0.1, 0.15) is 31.0 Å². The van der Waals surface area contributed by atoms with Crippen LogP contribution in [0.5, 0.6) is 5.88 Å². The summed E-state index contributed by atoms with van der Waals surface area (Å²) in [6.45, 7) is 3.71. The molecule has 0 spiro atoms. The van der Waals surface area contributed by atoms with E-state index in [9.17, 15) is 13.2 Å². The average molecular weight is 219 g/mol. The molecule has 0 saturated heterocycles. The summed E-state index contributed by atoms with van der Waals surface area (Å²) in [7, 11) is 1.18. The normalized spacial score (nSPS) is 11.9. The van der Waals surface area contributed by atoms with Crippen molar-refractivity contribution in [2.45, 2.75) is 25.9 Å². The van der Waals surface area contributed by atoms with Gasteiger partial charge in [-0.15, -0.1) is 0 Å². The zero-order valence-corrected chi connectivity index (χ0v) is 8.72. The summed E-state index contributed by atoms with van der Waals surface area (Å²) in [4.78, 5) is 3.81. The Morgan fingerprint density at radius 2 is 1.87 bits per heavy atom. The molecule has 0 N–H and O–H groups in total. The number of methoxy groups -OCH3 is 1. The van der Waals surface area contributed by atoms with E-state index in [2.05, 4.69) is 9.72 Å². The first kappa shape index (κ1) is 11.8. The lowest BCUT2D eigenvalue weighted by atomic mass is 10.1. The lowest BCUT2D eigenvalue weighted by Crippen LogP contribution is -2.10. The molecule has 0 unspecified atom stereocenters. The maximum Gasteiger partial charge on any atom is 0.421 e. The molecule has 1 rings (SSSR count). The standard InChI is InChI=1S/C10H12F3NO/c1-6(2)8-5-4-7(10(11,12)13)9(14-8)15-3/h4-6H,1-3H3. The predicted octanol–water partition coefficient (Wildman–Crippen LogP) is 3.23. The molecule has 0 aromatic carbocycles. The monoisotopic (exact) mass is 219 g/mol. The Kier molecular flexibility index (Phi) is 3.21. The summed E-state index contributed by atoms with van der Waals surface area (Å²) in [5.41, 5.74) is -0.255. The Hall–Kier alpha value is -1.26. The summed E-state index contributed by atoms with van der Waals surface area (Å²) in [6.07, 6.45) is -4.42. The third-order valence-electron chi connectivity index (χ3n) is 1.97. The van der Waals surface area contributed by atoms with E-state index in [1.54, 1.807) is 0 Å². The second-order valence-corrected chi connectivity index (χ2v) is 3.45. The van der Waals surface area contributed by atoms with Gasteiger partial charge in [0, 0.05) is 5.69 Å². The van der Waals surface area contributed by atoms with Gasteiger partial charge in [-0.05, 0) is 18.1 Å². The minimum absolute atomic E-state index is 0.0705. The van der Waals surface area contributed by atoms with Gasteiger partial charge in [0.1, 0.15) is 5.56 Å². The van der Waals surface area contributed by atoms with Gasteiger partial charge in [-0.25, -0.2) is 4.98 Å². The zero-order chi connectivity index (χ0) is 11.6. The molecule has 1 aromatic rings. The lowest BCUT2D eigenvalue weighted by molar-refractivity contribution is -0.139. The molecule has 0 saturated carbocycles. The molecule has 15 heavy (non-hydrogen) atoms. The first-order valence-electron chi connectivity index (χ1n) is 4.48. The minimum Gasteiger partial charge on any atom is -0.481 e. The molecule has 0 atom stereocenters. The van der Waals surface area contributed by atoms with Crippen LogP contribution in [0, 0.1) is 0 Å². The van der Waals surface area contributed by atoms with Gasteiger partial charge >= 0.3 is 6.18 Å². The van der Waals surface area contributed by atoms with Crippen molar-refractivity contribution in [3.63, 3.8) is 0 Å². The highest BCUT2D eigenvalue weighted by Gasteiger charge is 2.35. The lowest BCUT2D eigenvalue weighted by Gasteiger charge is -2.13. The molecule has 0 fully saturated rings. The molecular formula is C10H12F3NO. The summed E-state index contributed by atoms with van der Waals surface area (Å²) < 4.78 is 42.0. The van der Waals surface area contributed by atoms with Crippen LogP contribution in [0.4, 0.5) is 13.2 Å². The highest BCUT2D eigenvalue weighted by molar-refractivity contribution is 5.31. The first-order chi connectivity index (χ1) is 6.86. The van der Waals surface area contributed by atoms with Gasteiger partial charge < -0.3 is 4.74 Å². The maximum absolute atomic E-state index is 12.4. The molecule has 0 aliphatic rings. The van der Waals surface area contributed by atoms with E-state index < -0.39 is 11.7 Å². The van der Waals surface area contributed by atoms with Crippen molar-refractivity contribution >= 4 is 0 Å². The topological polar surface area (TPSA) is 22.1 Å². The van der Waals surface area contributed by atoms with Crippen LogP contribution in [0.25, 0.3) is 0 Å². The van der Waals surface area contributed by atoms with Crippen LogP contribution >= 0.6 is 0 Å². The molecule has 0 aliphatic carbocycles. The number of rotatable bonds is 2. The van der Waals surface area contributed by atoms with E-state index in [1.165, 1.54) is 13.2 Å². The second kappa shape index (κ2) is 4.08. The Bertz CT molecular complexity index is 347. The number of aromatic nitrogens is 1. The van der Waals surface area contributed by atoms with Gasteiger partial charge in [-0.1, -0.05) is 13.8 Å². The van der Waals surface area contributed by atoms with Crippen molar-refractivity contribution in [2.75, 3.05) is 7.11 Å². The van der Waals surface area contributed by atoms with E-state index in [0.29, 0.717) is 5.69 Å². The summed E-state index contributed by atoms with van der Waals surface area (Å²) in [6, 6.07) is 2.37. The van der Waals surface area contributed by atoms with Crippen molar-refractivity contribution in [2.24, 2.45) is 0 Å². The Morgan fingerprint density at radius 3 is 2.27 bits per heavy atom. The molecule has 1 aromatic heterocycles. The van der Waals surface area contributed by atoms with Crippen molar-refractivity contribution in [3.05, 3.63) is 23.4 Å². The van der Waals surface area contributed by atoms with Gasteiger partial charge in [0.25, 0.3) is 0 Å². The number of alkyl halides is 3. The van der Waals surface area contributed by atoms with Crippen molar-refractivity contribution < 1.29 is 17.9 Å². The molecule has 0 amide bonds. The predicted molar refractivity (Wildman–Crippen MR) is 49.9 cm³/mol. The molecule has 0 aliphatic heterocycles. The van der Waals surface area contributed by atoms with E-state index in [4.69, 9.17) is 0 Å². The molecule has 1 heterocycles. The molecule has 84 valence electrons. The van der Waals surface area contributed by atoms with Gasteiger partial charge in [0.05, 0.1) is 7.11 Å². The molecular weight excluding hydrogens is 207 g/mol. The quantitative estimate of drug-likeness (QED) is 0.761.